The minimum absolute atomic E-state index is 0.253. The molecule has 0 radical (unpaired) electrons. The van der Waals surface area contributed by atoms with Crippen LogP contribution in [0.1, 0.15) is 31.2 Å². The number of fused-ring (bicyclic) bond motifs is 3. The summed E-state index contributed by atoms with van der Waals surface area (Å²) in [5.74, 6) is 1.06. The lowest BCUT2D eigenvalue weighted by atomic mass is 10.0. The first-order chi connectivity index (χ1) is 10.7. The molecule has 2 saturated heterocycles. The Morgan fingerprint density at radius 2 is 2.00 bits per heavy atom. The summed E-state index contributed by atoms with van der Waals surface area (Å²) in [6.07, 6.45) is 4.93. The van der Waals surface area contributed by atoms with E-state index in [1.54, 1.807) is 0 Å². The Labute approximate surface area is 129 Å². The lowest BCUT2D eigenvalue weighted by Gasteiger charge is -2.30. The summed E-state index contributed by atoms with van der Waals surface area (Å²) in [5, 5.41) is 3.61. The molecule has 2 bridgehead atoms. The molecule has 2 fully saturated rings. The molecular formula is C17H21NO4. The fourth-order valence-electron chi connectivity index (χ4n) is 3.80. The number of carbonyl (C=O) groups is 1. The maximum absolute atomic E-state index is 11.8. The van der Waals surface area contributed by atoms with E-state index in [-0.39, 0.29) is 12.1 Å². The summed E-state index contributed by atoms with van der Waals surface area (Å²) in [5.41, 5.74) is 0.990. The molecule has 3 heterocycles. The predicted octanol–water partition coefficient (Wildman–Crippen LogP) is 1.82. The zero-order chi connectivity index (χ0) is 15.1. The molecular weight excluding hydrogens is 282 g/mol. The van der Waals surface area contributed by atoms with Gasteiger partial charge in [0, 0.05) is 31.7 Å². The van der Waals surface area contributed by atoms with Gasteiger partial charge in [-0.1, -0.05) is 6.07 Å². The van der Waals surface area contributed by atoms with Gasteiger partial charge in [0.1, 0.15) is 17.6 Å². The van der Waals surface area contributed by atoms with Gasteiger partial charge in [-0.3, -0.25) is 0 Å². The third kappa shape index (κ3) is 2.59. The number of carbonyl (C=O) groups excluding carboxylic acids is 1. The number of benzene rings is 1. The number of rotatable bonds is 3. The van der Waals surface area contributed by atoms with Crippen molar-refractivity contribution in [1.29, 1.82) is 0 Å². The van der Waals surface area contributed by atoms with E-state index < -0.39 is 6.10 Å². The quantitative estimate of drug-likeness (QED) is 0.682. The monoisotopic (exact) mass is 303 g/mol. The first-order valence-electron chi connectivity index (χ1n) is 8.01. The minimum atomic E-state index is -0.501. The molecule has 1 N–H and O–H groups in total. The van der Waals surface area contributed by atoms with Gasteiger partial charge in [-0.2, -0.15) is 0 Å². The van der Waals surface area contributed by atoms with Crippen LogP contribution in [-0.4, -0.2) is 37.4 Å². The molecule has 0 aliphatic carbocycles. The number of nitrogens with one attached hydrogen (secondary N) is 1. The molecule has 22 heavy (non-hydrogen) atoms. The van der Waals surface area contributed by atoms with Gasteiger partial charge in [0.05, 0.1) is 0 Å². The molecule has 0 saturated carbocycles. The molecule has 3 atom stereocenters. The molecule has 0 aromatic heterocycles. The minimum Gasteiger partial charge on any atom is -0.490 e. The maximum atomic E-state index is 11.8. The topological polar surface area (TPSA) is 56.8 Å². The molecule has 3 aliphatic rings. The van der Waals surface area contributed by atoms with Gasteiger partial charge in [0.25, 0.3) is 0 Å². The summed E-state index contributed by atoms with van der Waals surface area (Å²) in [4.78, 5) is 11.8. The number of esters is 1. The van der Waals surface area contributed by atoms with Crippen molar-refractivity contribution in [1.82, 2.24) is 5.32 Å². The summed E-state index contributed by atoms with van der Waals surface area (Å²) in [7, 11) is 1.53. The van der Waals surface area contributed by atoms with Gasteiger partial charge >= 0.3 is 5.97 Å². The molecule has 0 amide bonds. The third-order valence-corrected chi connectivity index (χ3v) is 4.93. The largest absolute Gasteiger partial charge is 0.490 e. The Morgan fingerprint density at radius 1 is 1.23 bits per heavy atom. The number of methoxy groups -OCH3 is 1. The molecule has 0 spiro atoms. The van der Waals surface area contributed by atoms with Crippen LogP contribution in [0.2, 0.25) is 0 Å². The highest BCUT2D eigenvalue weighted by Crippen LogP contribution is 2.33. The van der Waals surface area contributed by atoms with E-state index in [1.165, 1.54) is 20.0 Å². The van der Waals surface area contributed by atoms with Gasteiger partial charge in [0.2, 0.25) is 0 Å². The predicted molar refractivity (Wildman–Crippen MR) is 80.2 cm³/mol. The van der Waals surface area contributed by atoms with Gasteiger partial charge in [-0.05, 0) is 37.3 Å². The smallest absolute Gasteiger partial charge is 0.340 e. The molecule has 5 nitrogen and oxygen atoms in total. The number of hydrogen-bond donors (Lipinski definition) is 1. The molecule has 1 aromatic rings. The highest BCUT2D eigenvalue weighted by Gasteiger charge is 2.35. The summed E-state index contributed by atoms with van der Waals surface area (Å²) in [6, 6.07) is 6.97. The highest BCUT2D eigenvalue weighted by molar-refractivity contribution is 5.80. The van der Waals surface area contributed by atoms with E-state index >= 15 is 0 Å². The van der Waals surface area contributed by atoms with Crippen molar-refractivity contribution in [2.45, 2.75) is 56.4 Å². The highest BCUT2D eigenvalue weighted by atomic mass is 16.6. The van der Waals surface area contributed by atoms with Crippen molar-refractivity contribution in [3.8, 4) is 11.5 Å². The average molecular weight is 303 g/mol. The van der Waals surface area contributed by atoms with Crippen LogP contribution in [0.25, 0.3) is 0 Å². The summed E-state index contributed by atoms with van der Waals surface area (Å²) < 4.78 is 16.6. The lowest BCUT2D eigenvalue weighted by molar-refractivity contribution is -0.147. The molecule has 1 aromatic carbocycles. The van der Waals surface area contributed by atoms with E-state index in [1.807, 2.05) is 18.2 Å². The first kappa shape index (κ1) is 14.0. The van der Waals surface area contributed by atoms with Crippen LogP contribution < -0.4 is 14.8 Å². The van der Waals surface area contributed by atoms with Crippen molar-refractivity contribution in [2.24, 2.45) is 0 Å². The van der Waals surface area contributed by atoms with E-state index in [0.29, 0.717) is 24.3 Å². The van der Waals surface area contributed by atoms with Gasteiger partial charge in [-0.15, -0.1) is 0 Å². The van der Waals surface area contributed by atoms with Crippen molar-refractivity contribution >= 4 is 5.97 Å². The lowest BCUT2D eigenvalue weighted by Crippen LogP contribution is -2.42. The number of ether oxygens (including phenoxy) is 3. The molecule has 3 unspecified atom stereocenters. The Bertz CT molecular complexity index is 576. The molecule has 4 rings (SSSR count). The zero-order valence-electron chi connectivity index (χ0n) is 12.7. The van der Waals surface area contributed by atoms with Crippen LogP contribution in [-0.2, 0) is 16.0 Å². The van der Waals surface area contributed by atoms with Crippen molar-refractivity contribution in [2.75, 3.05) is 7.11 Å². The van der Waals surface area contributed by atoms with Gasteiger partial charge in [0.15, 0.2) is 6.10 Å². The summed E-state index contributed by atoms with van der Waals surface area (Å²) >= 11 is 0. The van der Waals surface area contributed by atoms with Crippen LogP contribution in [0.3, 0.4) is 0 Å². The van der Waals surface area contributed by atoms with E-state index in [4.69, 9.17) is 14.2 Å². The fourth-order valence-corrected chi connectivity index (χ4v) is 3.80. The van der Waals surface area contributed by atoms with Gasteiger partial charge in [-0.25, -0.2) is 4.79 Å². The van der Waals surface area contributed by atoms with Crippen LogP contribution in [0, 0.1) is 0 Å². The second kappa shape index (κ2) is 5.56. The van der Waals surface area contributed by atoms with E-state index in [0.717, 1.165) is 24.2 Å². The Kier molecular flexibility index (Phi) is 3.54. The van der Waals surface area contributed by atoms with Crippen LogP contribution in [0.15, 0.2) is 18.2 Å². The Morgan fingerprint density at radius 3 is 2.73 bits per heavy atom. The standard InChI is InChI=1S/C17H21NO4/c1-20-16-6-10-2-5-13(9-15(10)22-17(16)19)21-14-7-11-3-4-12(8-14)18-11/h2,5,9,11-12,14,16,18H,3-4,6-8H2,1H3. The van der Waals surface area contributed by atoms with Crippen LogP contribution >= 0.6 is 0 Å². The van der Waals surface area contributed by atoms with Crippen LogP contribution in [0.5, 0.6) is 11.5 Å². The molecule has 118 valence electrons. The SMILES string of the molecule is COC1Cc2ccc(OC3CC4CCC(C3)N4)cc2OC1=O. The number of piperidine rings is 1. The molecule has 5 heteroatoms. The second-order valence-electron chi connectivity index (χ2n) is 6.47. The van der Waals surface area contributed by atoms with Gasteiger partial charge < -0.3 is 19.5 Å². The van der Waals surface area contributed by atoms with Crippen molar-refractivity contribution in [3.05, 3.63) is 23.8 Å². The zero-order valence-corrected chi connectivity index (χ0v) is 12.7. The second-order valence-corrected chi connectivity index (χ2v) is 6.47. The number of hydrogen-bond acceptors (Lipinski definition) is 5. The van der Waals surface area contributed by atoms with Crippen LogP contribution in [0.4, 0.5) is 0 Å². The Balaban J connectivity index is 1.48. The normalized spacial score (nSPS) is 33.2. The fraction of sp³-hybridized carbons (Fsp3) is 0.588. The van der Waals surface area contributed by atoms with E-state index in [9.17, 15) is 4.79 Å². The average Bonchev–Trinajstić information content (AvgIpc) is 2.85. The van der Waals surface area contributed by atoms with E-state index in [2.05, 4.69) is 5.32 Å². The summed E-state index contributed by atoms with van der Waals surface area (Å²) in [6.45, 7) is 0. The Hall–Kier alpha value is -1.59. The van der Waals surface area contributed by atoms with Crippen molar-refractivity contribution < 1.29 is 19.0 Å². The molecule has 3 aliphatic heterocycles. The third-order valence-electron chi connectivity index (χ3n) is 4.93. The maximum Gasteiger partial charge on any atom is 0.340 e. The first-order valence-corrected chi connectivity index (χ1v) is 8.01. The van der Waals surface area contributed by atoms with Crippen molar-refractivity contribution in [3.63, 3.8) is 0 Å².